The Balaban J connectivity index is 1.42. The van der Waals surface area contributed by atoms with Gasteiger partial charge in [-0.05, 0) is 56.7 Å². The Morgan fingerprint density at radius 3 is 2.97 bits per heavy atom. The SMILES string of the molecule is C[C@H](Sc1nc2sc3c(c2c(=O)n1C[C@H]1CCCO1)CCC3)c1nc2ccccc2s1. The first-order chi connectivity index (χ1) is 15.2. The van der Waals surface area contributed by atoms with Crippen molar-refractivity contribution in [1.29, 1.82) is 0 Å². The number of aromatic nitrogens is 3. The number of thiazole rings is 1. The maximum absolute atomic E-state index is 13.7. The Bertz CT molecular complexity index is 1300. The van der Waals surface area contributed by atoms with E-state index in [0.717, 1.165) is 64.6 Å². The highest BCUT2D eigenvalue weighted by Gasteiger charge is 2.26. The van der Waals surface area contributed by atoms with Crippen LogP contribution in [-0.4, -0.2) is 27.2 Å². The fraction of sp³-hybridized carbons (Fsp3) is 0.435. The van der Waals surface area contributed by atoms with Crippen LogP contribution in [0.3, 0.4) is 0 Å². The Labute approximate surface area is 192 Å². The predicted molar refractivity (Wildman–Crippen MR) is 129 cm³/mol. The maximum Gasteiger partial charge on any atom is 0.263 e. The number of rotatable bonds is 5. The Morgan fingerprint density at radius 1 is 1.23 bits per heavy atom. The quantitative estimate of drug-likeness (QED) is 0.282. The molecular weight excluding hydrogens is 446 g/mol. The number of ether oxygens (including phenoxy) is 1. The van der Waals surface area contributed by atoms with Gasteiger partial charge in [0.15, 0.2) is 5.16 Å². The number of para-hydroxylation sites is 1. The van der Waals surface area contributed by atoms with Crippen molar-refractivity contribution in [3.05, 3.63) is 50.1 Å². The highest BCUT2D eigenvalue weighted by molar-refractivity contribution is 7.99. The van der Waals surface area contributed by atoms with E-state index in [1.54, 1.807) is 34.4 Å². The van der Waals surface area contributed by atoms with Gasteiger partial charge in [0.25, 0.3) is 5.56 Å². The first kappa shape index (κ1) is 19.9. The van der Waals surface area contributed by atoms with Gasteiger partial charge in [-0.2, -0.15) is 0 Å². The summed E-state index contributed by atoms with van der Waals surface area (Å²) in [6.07, 6.45) is 5.39. The predicted octanol–water partition coefficient (Wildman–Crippen LogP) is 5.59. The van der Waals surface area contributed by atoms with Crippen LogP contribution in [0.2, 0.25) is 0 Å². The van der Waals surface area contributed by atoms with Crippen LogP contribution >= 0.6 is 34.4 Å². The number of thiophene rings is 1. The highest BCUT2D eigenvalue weighted by atomic mass is 32.2. The number of hydrogen-bond donors (Lipinski definition) is 0. The van der Waals surface area contributed by atoms with Gasteiger partial charge in [-0.1, -0.05) is 23.9 Å². The lowest BCUT2D eigenvalue weighted by Gasteiger charge is -2.17. The summed E-state index contributed by atoms with van der Waals surface area (Å²) in [5.74, 6) is 0. The lowest BCUT2D eigenvalue weighted by atomic mass is 10.2. The van der Waals surface area contributed by atoms with E-state index < -0.39 is 0 Å². The van der Waals surface area contributed by atoms with Crippen molar-refractivity contribution in [2.45, 2.75) is 62.1 Å². The topological polar surface area (TPSA) is 57.0 Å². The van der Waals surface area contributed by atoms with Gasteiger partial charge in [-0.25, -0.2) is 9.97 Å². The molecule has 4 aromatic rings. The second-order valence-electron chi connectivity index (χ2n) is 8.26. The van der Waals surface area contributed by atoms with Crippen molar-refractivity contribution < 1.29 is 4.74 Å². The zero-order valence-corrected chi connectivity index (χ0v) is 19.7. The van der Waals surface area contributed by atoms with Gasteiger partial charge in [-0.15, -0.1) is 22.7 Å². The molecule has 2 atom stereocenters. The summed E-state index contributed by atoms with van der Waals surface area (Å²) in [5, 5.41) is 2.83. The van der Waals surface area contributed by atoms with Gasteiger partial charge in [0.1, 0.15) is 9.84 Å². The van der Waals surface area contributed by atoms with Crippen molar-refractivity contribution in [1.82, 2.24) is 14.5 Å². The average Bonchev–Trinajstić information content (AvgIpc) is 3.54. The molecular formula is C23H23N3O2S3. The maximum atomic E-state index is 13.7. The summed E-state index contributed by atoms with van der Waals surface area (Å²) < 4.78 is 8.96. The Morgan fingerprint density at radius 2 is 2.13 bits per heavy atom. The van der Waals surface area contributed by atoms with Crippen LogP contribution in [0, 0.1) is 0 Å². The summed E-state index contributed by atoms with van der Waals surface area (Å²) in [6.45, 7) is 3.53. The van der Waals surface area contributed by atoms with Crippen LogP contribution in [0.15, 0.2) is 34.2 Å². The van der Waals surface area contributed by atoms with E-state index in [1.165, 1.54) is 15.1 Å². The smallest absolute Gasteiger partial charge is 0.263 e. The molecule has 0 amide bonds. The number of nitrogens with zero attached hydrogens (tertiary/aromatic N) is 3. The average molecular weight is 470 g/mol. The monoisotopic (exact) mass is 469 g/mol. The minimum atomic E-state index is 0.0979. The first-order valence-electron chi connectivity index (χ1n) is 10.9. The van der Waals surface area contributed by atoms with E-state index in [0.29, 0.717) is 6.54 Å². The molecule has 1 aliphatic heterocycles. The van der Waals surface area contributed by atoms with Crippen molar-refractivity contribution in [3.63, 3.8) is 0 Å². The zero-order chi connectivity index (χ0) is 20.9. The van der Waals surface area contributed by atoms with E-state index in [2.05, 4.69) is 19.1 Å². The molecule has 6 rings (SSSR count). The van der Waals surface area contributed by atoms with Crippen LogP contribution < -0.4 is 5.56 Å². The van der Waals surface area contributed by atoms with E-state index in [-0.39, 0.29) is 16.9 Å². The molecule has 1 fully saturated rings. The molecule has 8 heteroatoms. The fourth-order valence-corrected chi connectivity index (χ4v) is 7.97. The summed E-state index contributed by atoms with van der Waals surface area (Å²) in [7, 11) is 0. The zero-order valence-electron chi connectivity index (χ0n) is 17.3. The van der Waals surface area contributed by atoms with Crippen molar-refractivity contribution in [2.75, 3.05) is 6.61 Å². The molecule has 160 valence electrons. The molecule has 0 saturated carbocycles. The van der Waals surface area contributed by atoms with Crippen molar-refractivity contribution in [3.8, 4) is 0 Å². The van der Waals surface area contributed by atoms with E-state index in [9.17, 15) is 4.79 Å². The molecule has 0 N–H and O–H groups in total. The first-order valence-corrected chi connectivity index (χ1v) is 13.4. The third kappa shape index (κ3) is 3.53. The van der Waals surface area contributed by atoms with Gasteiger partial charge in [0.05, 0.1) is 33.5 Å². The van der Waals surface area contributed by atoms with E-state index in [1.807, 2.05) is 16.7 Å². The number of fused-ring (bicyclic) bond motifs is 4. The van der Waals surface area contributed by atoms with Crippen LogP contribution in [0.4, 0.5) is 0 Å². The van der Waals surface area contributed by atoms with Gasteiger partial charge >= 0.3 is 0 Å². The number of benzene rings is 1. The molecule has 4 heterocycles. The molecule has 2 aliphatic rings. The van der Waals surface area contributed by atoms with Gasteiger partial charge in [-0.3, -0.25) is 9.36 Å². The highest BCUT2D eigenvalue weighted by Crippen LogP contribution is 2.40. The Hall–Kier alpha value is -1.74. The summed E-state index contributed by atoms with van der Waals surface area (Å²) in [4.78, 5) is 25.8. The summed E-state index contributed by atoms with van der Waals surface area (Å²) >= 11 is 5.07. The molecule has 0 bridgehead atoms. The van der Waals surface area contributed by atoms with Crippen LogP contribution in [-0.2, 0) is 24.1 Å². The molecule has 3 aromatic heterocycles. The number of thioether (sulfide) groups is 1. The standard InChI is InChI=1S/C23H23N3O2S3/c1-13(20-24-16-8-2-3-9-18(16)31-20)29-23-25-21-19(15-7-4-10-17(15)30-21)22(27)26(23)12-14-6-5-11-28-14/h2-3,8-9,13-14H,4-7,10-12H2,1H3/t13-,14+/m0/s1. The molecule has 0 unspecified atom stereocenters. The summed E-state index contributed by atoms with van der Waals surface area (Å²) in [6, 6.07) is 8.23. The minimum Gasteiger partial charge on any atom is -0.376 e. The van der Waals surface area contributed by atoms with Crippen LogP contribution in [0.25, 0.3) is 20.4 Å². The van der Waals surface area contributed by atoms with Crippen molar-refractivity contribution in [2.24, 2.45) is 0 Å². The van der Waals surface area contributed by atoms with Crippen LogP contribution in [0.1, 0.15) is 46.9 Å². The third-order valence-corrected chi connectivity index (χ3v) is 9.79. The van der Waals surface area contributed by atoms with Gasteiger partial charge in [0.2, 0.25) is 0 Å². The lowest BCUT2D eigenvalue weighted by molar-refractivity contribution is 0.0937. The van der Waals surface area contributed by atoms with Crippen LogP contribution in [0.5, 0.6) is 0 Å². The second kappa shape index (κ2) is 7.99. The number of aryl methyl sites for hydroxylation is 2. The number of hydrogen-bond acceptors (Lipinski definition) is 7. The van der Waals surface area contributed by atoms with Crippen molar-refractivity contribution >= 4 is 54.9 Å². The van der Waals surface area contributed by atoms with E-state index >= 15 is 0 Å². The largest absolute Gasteiger partial charge is 0.376 e. The minimum absolute atomic E-state index is 0.0979. The van der Waals surface area contributed by atoms with E-state index in [4.69, 9.17) is 14.7 Å². The lowest BCUT2D eigenvalue weighted by Crippen LogP contribution is -2.29. The second-order valence-corrected chi connectivity index (χ2v) is 11.7. The normalized spacial score (nSPS) is 19.5. The molecule has 1 aromatic carbocycles. The summed E-state index contributed by atoms with van der Waals surface area (Å²) in [5.41, 5.74) is 2.39. The van der Waals surface area contributed by atoms with Gasteiger partial charge < -0.3 is 4.74 Å². The molecule has 5 nitrogen and oxygen atoms in total. The Kier molecular flexibility index (Phi) is 5.13. The molecule has 0 radical (unpaired) electrons. The molecule has 0 spiro atoms. The molecule has 1 aliphatic carbocycles. The fourth-order valence-electron chi connectivity index (χ4n) is 4.57. The third-order valence-electron chi connectivity index (χ3n) is 6.14. The molecule has 1 saturated heterocycles. The van der Waals surface area contributed by atoms with Gasteiger partial charge in [0, 0.05) is 11.5 Å². The molecule has 31 heavy (non-hydrogen) atoms.